The van der Waals surface area contributed by atoms with E-state index in [0.717, 1.165) is 30.0 Å². The van der Waals surface area contributed by atoms with E-state index in [-0.39, 0.29) is 11.8 Å². The summed E-state index contributed by atoms with van der Waals surface area (Å²) in [6.45, 7) is 4.14. The fourth-order valence-electron chi connectivity index (χ4n) is 5.31. The number of pyridine rings is 1. The molecule has 4 heterocycles. The number of alkyl halides is 1. The molecule has 1 aliphatic heterocycles. The van der Waals surface area contributed by atoms with Gasteiger partial charge in [0.2, 0.25) is 11.7 Å². The van der Waals surface area contributed by atoms with Crippen molar-refractivity contribution in [2.75, 3.05) is 28.6 Å². The highest BCUT2D eigenvalue weighted by atomic mass is 19.1. The number of halogens is 1. The van der Waals surface area contributed by atoms with Crippen LogP contribution in [0.3, 0.4) is 0 Å². The summed E-state index contributed by atoms with van der Waals surface area (Å²) in [4.78, 5) is 24.5. The molecular formula is C31H30FN7O2. The second-order valence-corrected chi connectivity index (χ2v) is 10.8. The van der Waals surface area contributed by atoms with Crippen LogP contribution in [-0.2, 0) is 0 Å². The minimum absolute atomic E-state index is 0.293. The highest BCUT2D eigenvalue weighted by Gasteiger charge is 2.43. The highest BCUT2D eigenvalue weighted by Crippen LogP contribution is 2.43. The number of benzene rings is 2. The number of carbonyl (C=O) groups excluding carboxylic acids is 1. The molecule has 1 amide bonds. The van der Waals surface area contributed by atoms with E-state index in [9.17, 15) is 9.18 Å². The number of piperidine rings is 1. The Kier molecular flexibility index (Phi) is 6.37. The van der Waals surface area contributed by atoms with Gasteiger partial charge in [-0.05, 0) is 74.6 Å². The van der Waals surface area contributed by atoms with Crippen molar-refractivity contribution in [3.63, 3.8) is 0 Å². The van der Waals surface area contributed by atoms with E-state index < -0.39 is 6.17 Å². The van der Waals surface area contributed by atoms with Crippen molar-refractivity contribution >= 4 is 34.3 Å². The molecule has 0 bridgehead atoms. The molecule has 7 rings (SSSR count). The van der Waals surface area contributed by atoms with Crippen molar-refractivity contribution < 1.29 is 13.7 Å². The van der Waals surface area contributed by atoms with E-state index in [1.165, 1.54) is 24.9 Å². The Bertz CT molecular complexity index is 1720. The van der Waals surface area contributed by atoms with Gasteiger partial charge in [-0.25, -0.2) is 9.37 Å². The molecule has 1 saturated carbocycles. The van der Waals surface area contributed by atoms with Gasteiger partial charge in [-0.1, -0.05) is 17.3 Å². The molecule has 0 unspecified atom stereocenters. The summed E-state index contributed by atoms with van der Waals surface area (Å²) in [5.41, 5.74) is 6.37. The molecule has 2 aromatic carbocycles. The molecule has 2 aliphatic rings. The zero-order valence-corrected chi connectivity index (χ0v) is 22.7. The fourth-order valence-corrected chi connectivity index (χ4v) is 5.31. The van der Waals surface area contributed by atoms with Crippen molar-refractivity contribution in [3.05, 3.63) is 84.1 Å². The van der Waals surface area contributed by atoms with Crippen molar-refractivity contribution in [2.24, 2.45) is 0 Å². The molecule has 3 aromatic heterocycles. The Morgan fingerprint density at radius 3 is 2.61 bits per heavy atom. The smallest absolute Gasteiger partial charge is 0.274 e. The molecular weight excluding hydrogens is 521 g/mol. The molecule has 9 nitrogen and oxygen atoms in total. The number of aromatic nitrogens is 4. The van der Waals surface area contributed by atoms with Crippen LogP contribution in [0, 0.1) is 6.92 Å². The molecule has 0 spiro atoms. The highest BCUT2D eigenvalue weighted by molar-refractivity contribution is 6.04. The Morgan fingerprint density at radius 2 is 1.83 bits per heavy atom. The van der Waals surface area contributed by atoms with Gasteiger partial charge in [-0.15, -0.1) is 0 Å². The van der Waals surface area contributed by atoms with Crippen LogP contribution in [0.15, 0.2) is 71.5 Å². The number of hydrogen-bond acceptors (Lipinski definition) is 7. The minimum Gasteiger partial charge on any atom is -0.372 e. The Hall–Kier alpha value is -4.73. The number of anilines is 4. The zero-order chi connectivity index (χ0) is 27.9. The number of aryl methyl sites for hydroxylation is 1. The van der Waals surface area contributed by atoms with Crippen molar-refractivity contribution in [1.29, 1.82) is 0 Å². The summed E-state index contributed by atoms with van der Waals surface area (Å²) in [5.74, 6) is 0.0776. The van der Waals surface area contributed by atoms with Crippen LogP contribution >= 0.6 is 0 Å². The SMILES string of the molecule is Cc1ccc(-c2noc([C@H]3C[C@@H]3F)n2)cc1NC(=O)c1cnc2cc(Nc3ccc(N4CCCCC4)cc3)ccn12. The predicted molar refractivity (Wildman–Crippen MR) is 156 cm³/mol. The first-order valence-corrected chi connectivity index (χ1v) is 14.0. The molecule has 1 aliphatic carbocycles. The number of amides is 1. The zero-order valence-electron chi connectivity index (χ0n) is 22.7. The van der Waals surface area contributed by atoms with Crippen LogP contribution in [0.2, 0.25) is 0 Å². The lowest BCUT2D eigenvalue weighted by molar-refractivity contribution is 0.102. The van der Waals surface area contributed by atoms with Crippen molar-refractivity contribution in [1.82, 2.24) is 19.5 Å². The molecule has 5 aromatic rings. The van der Waals surface area contributed by atoms with E-state index in [2.05, 4.69) is 54.9 Å². The maximum absolute atomic E-state index is 13.4. The summed E-state index contributed by atoms with van der Waals surface area (Å²) in [7, 11) is 0. The number of rotatable bonds is 7. The van der Waals surface area contributed by atoms with Crippen molar-refractivity contribution in [2.45, 2.75) is 44.7 Å². The lowest BCUT2D eigenvalue weighted by atomic mass is 10.1. The number of fused-ring (bicyclic) bond motifs is 1. The quantitative estimate of drug-likeness (QED) is 0.238. The van der Waals surface area contributed by atoms with Gasteiger partial charge in [0.05, 0.1) is 12.1 Å². The average Bonchev–Trinajstić information content (AvgIpc) is 3.35. The first-order chi connectivity index (χ1) is 20.0. The molecule has 10 heteroatoms. The van der Waals surface area contributed by atoms with Gasteiger partial charge in [0.25, 0.3) is 5.91 Å². The summed E-state index contributed by atoms with van der Waals surface area (Å²) < 4.78 is 20.4. The standard InChI is InChI=1S/C31H30FN7O2/c1-19-5-6-20(29-36-31(41-37-29)24-17-25(24)32)15-26(19)35-30(40)27-18-33-28-16-22(11-14-39(27)28)34-21-7-9-23(10-8-21)38-12-3-2-4-13-38/h5-11,14-16,18,24-25,34H,2-4,12-13,17H2,1H3,(H,35,40)/t24-,25-/m0/s1. The van der Waals surface area contributed by atoms with E-state index in [1.807, 2.05) is 37.4 Å². The summed E-state index contributed by atoms with van der Waals surface area (Å²) in [6, 6.07) is 17.9. The molecule has 0 radical (unpaired) electrons. The normalized spacial score (nSPS) is 18.4. The monoisotopic (exact) mass is 551 g/mol. The molecule has 208 valence electrons. The first-order valence-electron chi connectivity index (χ1n) is 14.0. The molecule has 2 fully saturated rings. The fraction of sp³-hybridized carbons (Fsp3) is 0.290. The van der Waals surface area contributed by atoms with Crippen LogP contribution in [0.1, 0.15) is 53.5 Å². The third kappa shape index (κ3) is 5.13. The lowest BCUT2D eigenvalue weighted by Gasteiger charge is -2.28. The third-order valence-electron chi connectivity index (χ3n) is 7.84. The van der Waals surface area contributed by atoms with Crippen molar-refractivity contribution in [3.8, 4) is 11.4 Å². The maximum atomic E-state index is 13.4. The van der Waals surface area contributed by atoms with Gasteiger partial charge in [0, 0.05) is 53.7 Å². The van der Waals surface area contributed by atoms with Gasteiger partial charge in [0.1, 0.15) is 17.5 Å². The van der Waals surface area contributed by atoms with Crippen LogP contribution in [0.4, 0.5) is 27.1 Å². The minimum atomic E-state index is -0.913. The van der Waals surface area contributed by atoms with E-state index in [4.69, 9.17) is 4.52 Å². The van der Waals surface area contributed by atoms with E-state index in [0.29, 0.717) is 40.7 Å². The average molecular weight is 552 g/mol. The van der Waals surface area contributed by atoms with Gasteiger partial charge < -0.3 is 20.1 Å². The van der Waals surface area contributed by atoms with E-state index in [1.54, 1.807) is 16.7 Å². The molecule has 2 N–H and O–H groups in total. The van der Waals surface area contributed by atoms with Gasteiger partial charge in [-0.2, -0.15) is 4.98 Å². The number of hydrogen-bond donors (Lipinski definition) is 2. The maximum Gasteiger partial charge on any atom is 0.274 e. The van der Waals surface area contributed by atoms with E-state index >= 15 is 0 Å². The third-order valence-corrected chi connectivity index (χ3v) is 7.84. The number of nitrogens with zero attached hydrogens (tertiary/aromatic N) is 5. The molecule has 41 heavy (non-hydrogen) atoms. The first kappa shape index (κ1) is 25.3. The number of carbonyl (C=O) groups is 1. The van der Waals surface area contributed by atoms with Gasteiger partial charge in [-0.3, -0.25) is 9.20 Å². The Balaban J connectivity index is 1.05. The largest absolute Gasteiger partial charge is 0.372 e. The summed E-state index contributed by atoms with van der Waals surface area (Å²) >= 11 is 0. The summed E-state index contributed by atoms with van der Waals surface area (Å²) in [5, 5.41) is 10.4. The van der Waals surface area contributed by atoms with Crippen LogP contribution in [0.25, 0.3) is 17.0 Å². The topological polar surface area (TPSA) is 101 Å². The van der Waals surface area contributed by atoms with Crippen LogP contribution in [-0.4, -0.2) is 44.7 Å². The number of imidazole rings is 1. The van der Waals surface area contributed by atoms with Gasteiger partial charge >= 0.3 is 0 Å². The lowest BCUT2D eigenvalue weighted by Crippen LogP contribution is -2.29. The summed E-state index contributed by atoms with van der Waals surface area (Å²) in [6.07, 6.45) is 6.72. The van der Waals surface area contributed by atoms with Crippen LogP contribution < -0.4 is 15.5 Å². The Morgan fingerprint density at radius 1 is 1.02 bits per heavy atom. The Labute approximate surface area is 236 Å². The molecule has 1 saturated heterocycles. The number of nitrogens with one attached hydrogen (secondary N) is 2. The predicted octanol–water partition coefficient (Wildman–Crippen LogP) is 6.50. The van der Waals surface area contributed by atoms with Gasteiger partial charge in [0.15, 0.2) is 0 Å². The second kappa shape index (κ2) is 10.3. The van der Waals surface area contributed by atoms with Crippen LogP contribution in [0.5, 0.6) is 0 Å². The molecule has 2 atom stereocenters. The second-order valence-electron chi connectivity index (χ2n) is 10.8.